The van der Waals surface area contributed by atoms with Gasteiger partial charge in [0.05, 0.1) is 19.7 Å². The smallest absolute Gasteiger partial charge is 0.335 e. The van der Waals surface area contributed by atoms with E-state index < -0.39 is 5.97 Å². The van der Waals surface area contributed by atoms with E-state index >= 15 is 0 Å². The highest BCUT2D eigenvalue weighted by atomic mass is 127. The van der Waals surface area contributed by atoms with Gasteiger partial charge in [-0.3, -0.25) is 4.79 Å². The highest BCUT2D eigenvalue weighted by Gasteiger charge is 2.23. The maximum atomic E-state index is 12.4. The third-order valence-electron chi connectivity index (χ3n) is 4.73. The fourth-order valence-corrected chi connectivity index (χ4v) is 4.61. The summed E-state index contributed by atoms with van der Waals surface area (Å²) in [5.41, 5.74) is 3.91. The van der Waals surface area contributed by atoms with Gasteiger partial charge < -0.3 is 15.2 Å². The van der Waals surface area contributed by atoms with Crippen LogP contribution in [0.2, 0.25) is 0 Å². The molecule has 0 atom stereocenters. The van der Waals surface area contributed by atoms with Crippen LogP contribution >= 0.6 is 34.4 Å². The van der Waals surface area contributed by atoms with E-state index in [1.165, 1.54) is 11.8 Å². The SMILES string of the molecule is Cc1cccc(N=C2NC(=O)/C(=C/c3ccc(OCc4ccc(C(=O)O)cc4)c(I)c3)S2)c1. The molecular weight excluding hydrogens is 551 g/mol. The zero-order valence-electron chi connectivity index (χ0n) is 17.5. The molecule has 1 fully saturated rings. The Kier molecular flexibility index (Phi) is 7.14. The Morgan fingerprint density at radius 3 is 2.64 bits per heavy atom. The molecule has 3 aromatic rings. The quantitative estimate of drug-likeness (QED) is 0.291. The molecule has 2 N–H and O–H groups in total. The predicted octanol–water partition coefficient (Wildman–Crippen LogP) is 5.77. The molecule has 0 spiro atoms. The number of aliphatic imine (C=N–C) groups is 1. The molecule has 1 amide bonds. The molecule has 33 heavy (non-hydrogen) atoms. The van der Waals surface area contributed by atoms with Crippen LogP contribution in [0, 0.1) is 10.5 Å². The predicted molar refractivity (Wildman–Crippen MR) is 139 cm³/mol. The molecule has 4 rings (SSSR count). The third-order valence-corrected chi connectivity index (χ3v) is 6.48. The first-order valence-corrected chi connectivity index (χ1v) is 11.9. The van der Waals surface area contributed by atoms with Gasteiger partial charge in [-0.05, 0) is 100 Å². The number of carboxylic acid groups (broad SMARTS) is 1. The lowest BCUT2D eigenvalue weighted by atomic mass is 10.1. The number of nitrogens with one attached hydrogen (secondary N) is 1. The maximum Gasteiger partial charge on any atom is 0.335 e. The van der Waals surface area contributed by atoms with Crippen LogP contribution in [0.1, 0.15) is 27.0 Å². The highest BCUT2D eigenvalue weighted by molar-refractivity contribution is 14.1. The van der Waals surface area contributed by atoms with Gasteiger partial charge in [0.15, 0.2) is 5.17 Å². The zero-order valence-corrected chi connectivity index (χ0v) is 20.5. The first-order chi connectivity index (χ1) is 15.9. The largest absolute Gasteiger partial charge is 0.488 e. The highest BCUT2D eigenvalue weighted by Crippen LogP contribution is 2.30. The number of carboxylic acids is 1. The Morgan fingerprint density at radius 2 is 1.94 bits per heavy atom. The Balaban J connectivity index is 1.43. The molecule has 1 aliphatic heterocycles. The van der Waals surface area contributed by atoms with E-state index in [4.69, 9.17) is 9.84 Å². The number of benzene rings is 3. The second-order valence-corrected chi connectivity index (χ2v) is 9.49. The van der Waals surface area contributed by atoms with Crippen molar-refractivity contribution in [2.75, 3.05) is 0 Å². The molecule has 1 saturated heterocycles. The number of nitrogens with zero attached hydrogens (tertiary/aromatic N) is 1. The number of amidine groups is 1. The number of hydrogen-bond acceptors (Lipinski definition) is 5. The number of aryl methyl sites for hydroxylation is 1. The van der Waals surface area contributed by atoms with Crippen molar-refractivity contribution < 1.29 is 19.4 Å². The summed E-state index contributed by atoms with van der Waals surface area (Å²) in [6.45, 7) is 2.33. The second-order valence-electron chi connectivity index (χ2n) is 7.30. The molecule has 1 heterocycles. The van der Waals surface area contributed by atoms with Gasteiger partial charge in [0.25, 0.3) is 5.91 Å². The van der Waals surface area contributed by atoms with Crippen molar-refractivity contribution in [1.29, 1.82) is 0 Å². The lowest BCUT2D eigenvalue weighted by Crippen LogP contribution is -2.19. The number of halogens is 1. The van der Waals surface area contributed by atoms with Crippen LogP contribution in [0.15, 0.2) is 76.6 Å². The maximum absolute atomic E-state index is 12.4. The number of hydrogen-bond donors (Lipinski definition) is 2. The lowest BCUT2D eigenvalue weighted by Gasteiger charge is -2.09. The molecular formula is C25H19IN2O4S. The van der Waals surface area contributed by atoms with Crippen LogP contribution < -0.4 is 10.1 Å². The van der Waals surface area contributed by atoms with Crippen LogP contribution in [-0.4, -0.2) is 22.2 Å². The molecule has 0 unspecified atom stereocenters. The van der Waals surface area contributed by atoms with Crippen molar-refractivity contribution in [3.8, 4) is 5.75 Å². The van der Waals surface area contributed by atoms with Gasteiger partial charge in [-0.2, -0.15) is 0 Å². The number of carbonyl (C=O) groups excluding carboxylic acids is 1. The molecule has 0 bridgehead atoms. The first-order valence-electron chi connectivity index (χ1n) is 9.98. The molecule has 0 saturated carbocycles. The van der Waals surface area contributed by atoms with E-state index in [2.05, 4.69) is 32.9 Å². The fourth-order valence-electron chi connectivity index (χ4n) is 3.08. The van der Waals surface area contributed by atoms with Gasteiger partial charge in [0.2, 0.25) is 0 Å². The van der Waals surface area contributed by atoms with Crippen molar-refractivity contribution in [1.82, 2.24) is 5.32 Å². The third kappa shape index (κ3) is 6.02. The molecule has 3 aromatic carbocycles. The lowest BCUT2D eigenvalue weighted by molar-refractivity contribution is -0.115. The first kappa shape index (κ1) is 23.1. The Hall–Kier alpha value is -3.11. The standard InChI is InChI=1S/C25H19IN2O4S/c1-15-3-2-4-19(11-15)27-25-28-23(29)22(33-25)13-17-7-10-21(20(26)12-17)32-14-16-5-8-18(9-6-16)24(30)31/h2-13H,14H2,1H3,(H,30,31)(H,27,28,29)/b22-13-. The molecule has 0 aromatic heterocycles. The summed E-state index contributed by atoms with van der Waals surface area (Å²) < 4.78 is 6.79. The van der Waals surface area contributed by atoms with E-state index in [0.29, 0.717) is 22.4 Å². The summed E-state index contributed by atoms with van der Waals surface area (Å²) in [6, 6.07) is 20.1. The minimum Gasteiger partial charge on any atom is -0.488 e. The van der Waals surface area contributed by atoms with Crippen LogP contribution in [0.25, 0.3) is 6.08 Å². The minimum atomic E-state index is -0.954. The molecule has 6 nitrogen and oxygen atoms in total. The van der Waals surface area contributed by atoms with Gasteiger partial charge in [0.1, 0.15) is 12.4 Å². The topological polar surface area (TPSA) is 88.0 Å². The van der Waals surface area contributed by atoms with Crippen molar-refractivity contribution in [3.63, 3.8) is 0 Å². The summed E-state index contributed by atoms with van der Waals surface area (Å²) in [6.07, 6.45) is 1.83. The van der Waals surface area contributed by atoms with Gasteiger partial charge in [0, 0.05) is 0 Å². The van der Waals surface area contributed by atoms with Crippen LogP contribution in [0.4, 0.5) is 5.69 Å². The molecule has 0 radical (unpaired) electrons. The summed E-state index contributed by atoms with van der Waals surface area (Å²) >= 11 is 3.50. The van der Waals surface area contributed by atoms with Gasteiger partial charge in [-0.1, -0.05) is 30.3 Å². The monoisotopic (exact) mass is 570 g/mol. The van der Waals surface area contributed by atoms with Crippen molar-refractivity contribution in [3.05, 3.63) is 97.5 Å². The number of aromatic carboxylic acids is 1. The van der Waals surface area contributed by atoms with E-state index in [9.17, 15) is 9.59 Å². The number of carbonyl (C=O) groups is 2. The van der Waals surface area contributed by atoms with Crippen molar-refractivity contribution >= 4 is 63.2 Å². The summed E-state index contributed by atoms with van der Waals surface area (Å²) in [5.74, 6) is -0.416. The van der Waals surface area contributed by atoms with E-state index in [1.807, 2.05) is 55.5 Å². The molecule has 0 aliphatic carbocycles. The Labute approximate surface area is 208 Å². The Bertz CT molecular complexity index is 1290. The molecule has 8 heteroatoms. The van der Waals surface area contributed by atoms with Crippen LogP contribution in [-0.2, 0) is 11.4 Å². The van der Waals surface area contributed by atoms with E-state index in [-0.39, 0.29) is 11.5 Å². The second kappa shape index (κ2) is 10.2. The van der Waals surface area contributed by atoms with E-state index in [0.717, 1.165) is 25.9 Å². The number of thioether (sulfide) groups is 1. The molecule has 166 valence electrons. The number of ether oxygens (including phenoxy) is 1. The zero-order chi connectivity index (χ0) is 23.4. The van der Waals surface area contributed by atoms with E-state index in [1.54, 1.807) is 24.3 Å². The number of amides is 1. The summed E-state index contributed by atoms with van der Waals surface area (Å²) in [5, 5.41) is 12.4. The average molecular weight is 570 g/mol. The molecule has 1 aliphatic rings. The summed E-state index contributed by atoms with van der Waals surface area (Å²) in [4.78, 5) is 28.4. The van der Waals surface area contributed by atoms with Crippen molar-refractivity contribution in [2.45, 2.75) is 13.5 Å². The van der Waals surface area contributed by atoms with Crippen LogP contribution in [0.3, 0.4) is 0 Å². The minimum absolute atomic E-state index is 0.174. The van der Waals surface area contributed by atoms with Crippen LogP contribution in [0.5, 0.6) is 5.75 Å². The van der Waals surface area contributed by atoms with Gasteiger partial charge in [-0.25, -0.2) is 9.79 Å². The fraction of sp³-hybridized carbons (Fsp3) is 0.0800. The Morgan fingerprint density at radius 1 is 1.15 bits per heavy atom. The van der Waals surface area contributed by atoms with Gasteiger partial charge in [-0.15, -0.1) is 0 Å². The number of rotatable bonds is 6. The van der Waals surface area contributed by atoms with Crippen molar-refractivity contribution in [2.24, 2.45) is 4.99 Å². The normalized spacial score (nSPS) is 15.6. The van der Waals surface area contributed by atoms with Gasteiger partial charge >= 0.3 is 5.97 Å². The summed E-state index contributed by atoms with van der Waals surface area (Å²) in [7, 11) is 0. The average Bonchev–Trinajstić information content (AvgIpc) is 3.12.